The van der Waals surface area contributed by atoms with Crippen LogP contribution in [0.15, 0.2) is 16.4 Å². The molecule has 0 spiro atoms. The minimum Gasteiger partial charge on any atom is -0.192 e. The molecule has 4 nitrogen and oxygen atoms in total. The Balaban J connectivity index is 3.10. The Kier molecular flexibility index (Phi) is 1.39. The van der Waals surface area contributed by atoms with E-state index in [-0.39, 0.29) is 11.3 Å². The average Bonchev–Trinajstić information content (AvgIpc) is 2.30. The summed E-state index contributed by atoms with van der Waals surface area (Å²) in [6.07, 6.45) is 0. The minimum absolute atomic E-state index is 0.111. The summed E-state index contributed by atoms with van der Waals surface area (Å²) in [7, 11) is 0. The molecular weight excluding hydrogens is 128 g/mol. The van der Waals surface area contributed by atoms with Crippen molar-refractivity contribution in [3.05, 3.63) is 11.3 Å². The van der Waals surface area contributed by atoms with Gasteiger partial charge in [0.15, 0.2) is 5.70 Å². The molecule has 0 aromatic heterocycles. The summed E-state index contributed by atoms with van der Waals surface area (Å²) < 4.78 is 0. The van der Waals surface area contributed by atoms with Crippen LogP contribution in [0.4, 0.5) is 0 Å². The maximum absolute atomic E-state index is 8.44. The fourth-order valence-electron chi connectivity index (χ4n) is 0.608. The van der Waals surface area contributed by atoms with Crippen molar-refractivity contribution in [3.8, 4) is 12.1 Å². The summed E-state index contributed by atoms with van der Waals surface area (Å²) in [5.41, 5.74) is 4.38. The highest BCUT2D eigenvalue weighted by atomic mass is 15.3. The summed E-state index contributed by atoms with van der Waals surface area (Å²) in [6.45, 7) is 1.65. The van der Waals surface area contributed by atoms with Crippen molar-refractivity contribution >= 4 is 5.71 Å². The first kappa shape index (κ1) is 6.31. The van der Waals surface area contributed by atoms with Crippen molar-refractivity contribution in [2.75, 3.05) is 0 Å². The molecule has 0 aromatic carbocycles. The first-order valence-electron chi connectivity index (χ1n) is 2.59. The van der Waals surface area contributed by atoms with Gasteiger partial charge in [0.25, 0.3) is 0 Å². The predicted molar refractivity (Wildman–Crippen MR) is 33.5 cm³/mol. The van der Waals surface area contributed by atoms with E-state index >= 15 is 0 Å². The topological polar surface area (TPSA) is 74.0 Å². The van der Waals surface area contributed by atoms with Gasteiger partial charge in [-0.3, -0.25) is 0 Å². The number of hydrogen-bond acceptors (Lipinski definition) is 3. The highest BCUT2D eigenvalue weighted by molar-refractivity contribution is 6.04. The second-order valence-corrected chi connectivity index (χ2v) is 1.73. The van der Waals surface area contributed by atoms with Crippen LogP contribution in [0.3, 0.4) is 0 Å². The first-order valence-corrected chi connectivity index (χ1v) is 2.59. The molecule has 1 rings (SSSR count). The van der Waals surface area contributed by atoms with E-state index in [4.69, 9.17) is 10.5 Å². The largest absolute Gasteiger partial charge is 0.192 e. The molecule has 0 saturated carbocycles. The van der Waals surface area contributed by atoms with Crippen LogP contribution in [0.25, 0.3) is 0 Å². The van der Waals surface area contributed by atoms with E-state index < -0.39 is 0 Å². The third-order valence-electron chi connectivity index (χ3n) is 1.12. The van der Waals surface area contributed by atoms with Gasteiger partial charge in [0, 0.05) is 0 Å². The number of rotatable bonds is 0. The zero-order valence-electron chi connectivity index (χ0n) is 5.29. The maximum Gasteiger partial charge on any atom is 0.182 e. The molecule has 10 heavy (non-hydrogen) atoms. The fraction of sp³-hybridized carbons (Fsp3) is 0.167. The van der Waals surface area contributed by atoms with E-state index in [9.17, 15) is 0 Å². The zero-order valence-corrected chi connectivity index (χ0v) is 5.29. The normalized spacial score (nSPS) is 15.3. The molecule has 0 unspecified atom stereocenters. The van der Waals surface area contributed by atoms with Crippen molar-refractivity contribution < 1.29 is 0 Å². The number of nitriles is 2. The lowest BCUT2D eigenvalue weighted by Gasteiger charge is -1.82. The minimum atomic E-state index is 0.111. The first-order chi connectivity index (χ1) is 4.79. The van der Waals surface area contributed by atoms with Crippen LogP contribution in [0.2, 0.25) is 0 Å². The van der Waals surface area contributed by atoms with Crippen LogP contribution in [0.5, 0.6) is 0 Å². The summed E-state index contributed by atoms with van der Waals surface area (Å²) in [4.78, 5) is 0. The highest BCUT2D eigenvalue weighted by Crippen LogP contribution is 2.09. The molecule has 1 aliphatic heterocycles. The maximum atomic E-state index is 8.44. The van der Waals surface area contributed by atoms with Crippen LogP contribution < -0.4 is 5.43 Å². The van der Waals surface area contributed by atoms with Gasteiger partial charge in [-0.15, -0.1) is 5.43 Å². The predicted octanol–water partition coefficient (Wildman–Crippen LogP) is 0.282. The summed E-state index contributed by atoms with van der Waals surface area (Å²) in [5.74, 6) is 0. The van der Waals surface area contributed by atoms with E-state index in [1.807, 2.05) is 6.07 Å². The monoisotopic (exact) mass is 131 g/mol. The highest BCUT2D eigenvalue weighted by Gasteiger charge is 2.16. The molecule has 0 aromatic rings. The lowest BCUT2D eigenvalue weighted by Crippen LogP contribution is -1.91. The molecule has 0 atom stereocenters. The number of nitrogens with zero attached hydrogens (tertiary/aromatic N) is 4. The summed E-state index contributed by atoms with van der Waals surface area (Å²) in [6, 6.07) is 3.62. The van der Waals surface area contributed by atoms with Gasteiger partial charge in [-0.1, -0.05) is 0 Å². The smallest absolute Gasteiger partial charge is 0.182 e. The molecule has 0 bridgehead atoms. The standard InChI is InChI=1S/C6H3N4/c1-4-5(2-7)6(3-8)10-9-4/h1H3. The lowest BCUT2D eigenvalue weighted by molar-refractivity contribution is 0.925. The Hall–Kier alpha value is -1.81. The van der Waals surface area contributed by atoms with Crippen molar-refractivity contribution in [3.63, 3.8) is 0 Å². The molecular formula is C6H3N4. The van der Waals surface area contributed by atoms with E-state index in [0.717, 1.165) is 0 Å². The van der Waals surface area contributed by atoms with Crippen molar-refractivity contribution in [1.29, 1.82) is 10.5 Å². The van der Waals surface area contributed by atoms with E-state index in [1.54, 1.807) is 13.0 Å². The van der Waals surface area contributed by atoms with Gasteiger partial charge in [-0.05, 0) is 6.92 Å². The van der Waals surface area contributed by atoms with Gasteiger partial charge in [0.1, 0.15) is 17.7 Å². The molecule has 1 heterocycles. The molecule has 0 N–H and O–H groups in total. The Bertz CT molecular complexity index is 297. The molecule has 0 amide bonds. The lowest BCUT2D eigenvalue weighted by atomic mass is 10.2. The van der Waals surface area contributed by atoms with Crippen molar-refractivity contribution in [1.82, 2.24) is 5.43 Å². The van der Waals surface area contributed by atoms with Crippen LogP contribution in [0.1, 0.15) is 6.92 Å². The summed E-state index contributed by atoms with van der Waals surface area (Å²) >= 11 is 0. The molecule has 47 valence electrons. The van der Waals surface area contributed by atoms with Crippen molar-refractivity contribution in [2.45, 2.75) is 6.92 Å². The zero-order chi connectivity index (χ0) is 7.56. The van der Waals surface area contributed by atoms with Crippen LogP contribution in [-0.2, 0) is 0 Å². The Morgan fingerprint density at radius 2 is 2.00 bits per heavy atom. The van der Waals surface area contributed by atoms with Crippen molar-refractivity contribution in [2.24, 2.45) is 5.10 Å². The third kappa shape index (κ3) is 0.723. The van der Waals surface area contributed by atoms with Crippen LogP contribution in [0, 0.1) is 22.7 Å². The van der Waals surface area contributed by atoms with Gasteiger partial charge < -0.3 is 0 Å². The van der Waals surface area contributed by atoms with E-state index in [2.05, 4.69) is 10.5 Å². The van der Waals surface area contributed by atoms with Crippen LogP contribution in [-0.4, -0.2) is 5.71 Å². The number of allylic oxidation sites excluding steroid dienone is 2. The van der Waals surface area contributed by atoms with E-state index in [1.165, 1.54) is 0 Å². The second-order valence-electron chi connectivity index (χ2n) is 1.73. The molecule has 1 radical (unpaired) electrons. The van der Waals surface area contributed by atoms with Crippen LogP contribution >= 0.6 is 0 Å². The summed E-state index contributed by atoms with van der Waals surface area (Å²) in [5, 5.41) is 20.4. The molecule has 0 saturated heterocycles. The van der Waals surface area contributed by atoms with E-state index in [0.29, 0.717) is 5.71 Å². The second kappa shape index (κ2) is 2.20. The number of hydrogen-bond donors (Lipinski definition) is 0. The Morgan fingerprint density at radius 3 is 2.40 bits per heavy atom. The third-order valence-corrected chi connectivity index (χ3v) is 1.12. The SMILES string of the molecule is CC1=N[N]C(C#N)=C1C#N. The fourth-order valence-corrected chi connectivity index (χ4v) is 0.608. The molecule has 1 aliphatic rings. The Labute approximate surface area is 58.1 Å². The molecule has 0 aliphatic carbocycles. The molecule has 0 fully saturated rings. The van der Waals surface area contributed by atoms with Gasteiger partial charge in [-0.25, -0.2) is 0 Å². The Morgan fingerprint density at radius 1 is 1.30 bits per heavy atom. The quantitative estimate of drug-likeness (QED) is 0.473. The van der Waals surface area contributed by atoms with Gasteiger partial charge in [0.2, 0.25) is 0 Å². The average molecular weight is 131 g/mol. The molecule has 4 heteroatoms. The van der Waals surface area contributed by atoms with Gasteiger partial charge in [0.05, 0.1) is 5.71 Å². The van der Waals surface area contributed by atoms with Gasteiger partial charge in [-0.2, -0.15) is 15.6 Å². The van der Waals surface area contributed by atoms with Gasteiger partial charge >= 0.3 is 0 Å².